The van der Waals surface area contributed by atoms with Crippen LogP contribution in [-0.4, -0.2) is 77.3 Å². The Morgan fingerprint density at radius 3 is 2.30 bits per heavy atom. The van der Waals surface area contributed by atoms with Crippen molar-refractivity contribution in [2.45, 2.75) is 38.8 Å². The van der Waals surface area contributed by atoms with Gasteiger partial charge in [0, 0.05) is 71.0 Å². The van der Waals surface area contributed by atoms with Crippen LogP contribution in [0, 0.1) is 0 Å². The molecule has 2 aromatic heterocycles. The molecule has 0 radical (unpaired) electrons. The number of nitrogens with one attached hydrogen (secondary N) is 1. The maximum absolute atomic E-state index is 6.19. The van der Waals surface area contributed by atoms with Crippen LogP contribution in [-0.2, 0) is 13.0 Å². The molecule has 8 heteroatoms. The normalized spacial score (nSPS) is 19.2. The van der Waals surface area contributed by atoms with Gasteiger partial charge in [-0.15, -0.1) is 0 Å². The van der Waals surface area contributed by atoms with E-state index in [0.717, 1.165) is 82.5 Å². The highest BCUT2D eigenvalue weighted by atomic mass is 16.5. The predicted octanol–water partition coefficient (Wildman–Crippen LogP) is 1.73. The van der Waals surface area contributed by atoms with Gasteiger partial charge in [0.05, 0.1) is 11.9 Å². The molecule has 2 aliphatic rings. The average Bonchev–Trinajstić information content (AvgIpc) is 2.81. The van der Waals surface area contributed by atoms with Crippen LogP contribution in [0.2, 0.25) is 0 Å². The highest BCUT2D eigenvalue weighted by Gasteiger charge is 2.22. The maximum Gasteiger partial charge on any atom is 0.225 e. The molecule has 0 spiro atoms. The first kappa shape index (κ1) is 21.0. The second kappa shape index (κ2) is 10.1. The number of hydrogen-bond donors (Lipinski definition) is 1. The third-order valence-corrected chi connectivity index (χ3v) is 6.00. The molecule has 30 heavy (non-hydrogen) atoms. The summed E-state index contributed by atoms with van der Waals surface area (Å²) >= 11 is 0. The highest BCUT2D eigenvalue weighted by Crippen LogP contribution is 2.21. The first-order valence-electron chi connectivity index (χ1n) is 11.1. The number of piperazine rings is 1. The van der Waals surface area contributed by atoms with E-state index in [9.17, 15) is 0 Å². The van der Waals surface area contributed by atoms with E-state index < -0.39 is 0 Å². The Kier molecular flexibility index (Phi) is 7.09. The average molecular weight is 412 g/mol. The topological polar surface area (TPSA) is 69.7 Å². The van der Waals surface area contributed by atoms with Crippen molar-refractivity contribution in [3.05, 3.63) is 42.0 Å². The second-order valence-corrected chi connectivity index (χ2v) is 8.02. The molecule has 2 fully saturated rings. The zero-order chi connectivity index (χ0) is 20.8. The van der Waals surface area contributed by atoms with Gasteiger partial charge in [0.25, 0.3) is 0 Å². The summed E-state index contributed by atoms with van der Waals surface area (Å²) in [5.74, 6) is 1.69. The lowest BCUT2D eigenvalue weighted by Gasteiger charge is -2.33. The molecule has 0 saturated carbocycles. The molecule has 0 amide bonds. The first-order valence-corrected chi connectivity index (χ1v) is 11.1. The van der Waals surface area contributed by atoms with Crippen LogP contribution in [0.25, 0.3) is 0 Å². The van der Waals surface area contributed by atoms with Crippen LogP contribution >= 0.6 is 0 Å². The van der Waals surface area contributed by atoms with Crippen molar-refractivity contribution in [3.63, 3.8) is 0 Å². The number of piperidine rings is 1. The van der Waals surface area contributed by atoms with Crippen LogP contribution in [0.15, 0.2) is 30.7 Å². The van der Waals surface area contributed by atoms with Crippen molar-refractivity contribution in [1.29, 1.82) is 0 Å². The highest BCUT2D eigenvalue weighted by molar-refractivity contribution is 5.31. The number of rotatable bonds is 7. The summed E-state index contributed by atoms with van der Waals surface area (Å²) in [6.45, 7) is 9.06. The minimum absolute atomic E-state index is 0.221. The summed E-state index contributed by atoms with van der Waals surface area (Å²) in [4.78, 5) is 18.3. The lowest BCUT2D eigenvalue weighted by Crippen LogP contribution is -2.50. The summed E-state index contributed by atoms with van der Waals surface area (Å²) in [7, 11) is 1.98. The number of pyridine rings is 1. The van der Waals surface area contributed by atoms with Gasteiger partial charge in [0.15, 0.2) is 0 Å². The van der Waals surface area contributed by atoms with Gasteiger partial charge in [-0.25, -0.2) is 15.0 Å². The monoisotopic (exact) mass is 411 g/mol. The third-order valence-electron chi connectivity index (χ3n) is 6.00. The van der Waals surface area contributed by atoms with Gasteiger partial charge in [0.1, 0.15) is 11.9 Å². The van der Waals surface area contributed by atoms with Crippen molar-refractivity contribution >= 4 is 5.95 Å². The molecule has 0 unspecified atom stereocenters. The van der Waals surface area contributed by atoms with Crippen LogP contribution in [0.3, 0.4) is 0 Å². The smallest absolute Gasteiger partial charge is 0.225 e. The molecule has 0 aliphatic carbocycles. The van der Waals surface area contributed by atoms with Crippen LogP contribution in [0.4, 0.5) is 5.95 Å². The Morgan fingerprint density at radius 2 is 1.70 bits per heavy atom. The van der Waals surface area contributed by atoms with E-state index in [1.807, 2.05) is 25.6 Å². The summed E-state index contributed by atoms with van der Waals surface area (Å²) < 4.78 is 6.19. The molecule has 0 bridgehead atoms. The molecule has 0 atom stereocenters. The van der Waals surface area contributed by atoms with Crippen LogP contribution in [0.1, 0.15) is 31.0 Å². The zero-order valence-corrected chi connectivity index (χ0v) is 18.1. The molecule has 4 rings (SSSR count). The van der Waals surface area contributed by atoms with E-state index in [2.05, 4.69) is 54.2 Å². The number of aromatic nitrogens is 3. The lowest BCUT2D eigenvalue weighted by atomic mass is 10.1. The molecule has 4 heterocycles. The van der Waals surface area contributed by atoms with Crippen LogP contribution in [0.5, 0.6) is 5.75 Å². The van der Waals surface area contributed by atoms with E-state index in [1.165, 1.54) is 5.56 Å². The van der Waals surface area contributed by atoms with Gasteiger partial charge in [-0.3, -0.25) is 15.3 Å². The van der Waals surface area contributed by atoms with Gasteiger partial charge in [-0.1, -0.05) is 6.92 Å². The Balaban J connectivity index is 1.22. The van der Waals surface area contributed by atoms with Crippen molar-refractivity contribution in [1.82, 2.24) is 30.3 Å². The largest absolute Gasteiger partial charge is 0.489 e. The van der Waals surface area contributed by atoms with Crippen molar-refractivity contribution in [2.75, 3.05) is 51.2 Å². The summed E-state index contributed by atoms with van der Waals surface area (Å²) in [6, 6.07) is 4.16. The van der Waals surface area contributed by atoms with Gasteiger partial charge >= 0.3 is 0 Å². The molecule has 1 N–H and O–H groups in total. The van der Waals surface area contributed by atoms with E-state index in [1.54, 1.807) is 0 Å². The first-order chi connectivity index (χ1) is 14.7. The van der Waals surface area contributed by atoms with Gasteiger partial charge in [-0.2, -0.15) is 0 Å². The zero-order valence-electron chi connectivity index (χ0n) is 18.1. The number of nitrogens with zero attached hydrogens (tertiary/aromatic N) is 6. The molecular weight excluding hydrogens is 378 g/mol. The summed E-state index contributed by atoms with van der Waals surface area (Å²) in [6.07, 6.45) is 8.86. The van der Waals surface area contributed by atoms with Gasteiger partial charge in [0.2, 0.25) is 5.95 Å². The van der Waals surface area contributed by atoms with Gasteiger partial charge in [-0.05, 0) is 31.2 Å². The maximum atomic E-state index is 6.19. The lowest BCUT2D eigenvalue weighted by molar-refractivity contribution is 0.0938. The summed E-state index contributed by atoms with van der Waals surface area (Å²) in [5, 5.41) is 2.25. The number of anilines is 1. The molecule has 8 nitrogen and oxygen atoms in total. The quantitative estimate of drug-likeness (QED) is 0.739. The van der Waals surface area contributed by atoms with E-state index in [0.29, 0.717) is 0 Å². The molecule has 2 aromatic rings. The Bertz CT molecular complexity index is 767. The van der Waals surface area contributed by atoms with Crippen LogP contribution < -0.4 is 15.1 Å². The number of aryl methyl sites for hydroxylation is 1. The number of hydrazine groups is 1. The fourth-order valence-corrected chi connectivity index (χ4v) is 3.99. The standard InChI is InChI=1S/C22H33N7O/c1-3-18-14-25-22(26-15-18)28-8-6-20(7-9-28)30-21-5-4-19(24-16-21)17-27-10-12-29(23-2)13-11-27/h4-5,14-16,20,23H,3,6-13,17H2,1-2H3. The molecular formula is C22H33N7O. The Labute approximate surface area is 179 Å². The fraction of sp³-hybridized carbons (Fsp3) is 0.591. The number of ether oxygens (including phenoxy) is 1. The molecule has 2 saturated heterocycles. The van der Waals surface area contributed by atoms with E-state index in [4.69, 9.17) is 4.74 Å². The third kappa shape index (κ3) is 5.44. The minimum Gasteiger partial charge on any atom is -0.489 e. The number of hydrogen-bond acceptors (Lipinski definition) is 8. The molecule has 0 aromatic carbocycles. The van der Waals surface area contributed by atoms with Crippen molar-refractivity contribution in [3.8, 4) is 5.75 Å². The van der Waals surface area contributed by atoms with Gasteiger partial charge < -0.3 is 9.64 Å². The summed E-state index contributed by atoms with van der Waals surface area (Å²) in [5.41, 5.74) is 5.49. The van der Waals surface area contributed by atoms with Crippen molar-refractivity contribution < 1.29 is 4.74 Å². The minimum atomic E-state index is 0.221. The second-order valence-electron chi connectivity index (χ2n) is 8.02. The SMILES string of the molecule is CCc1cnc(N2CCC(Oc3ccc(CN4CCN(NC)CC4)nc3)CC2)nc1. The Hall–Kier alpha value is -2.29. The van der Waals surface area contributed by atoms with Crippen molar-refractivity contribution in [2.24, 2.45) is 0 Å². The Morgan fingerprint density at radius 1 is 0.967 bits per heavy atom. The molecule has 2 aliphatic heterocycles. The predicted molar refractivity (Wildman–Crippen MR) is 117 cm³/mol. The van der Waals surface area contributed by atoms with E-state index >= 15 is 0 Å². The molecule has 162 valence electrons. The van der Waals surface area contributed by atoms with E-state index in [-0.39, 0.29) is 6.10 Å². The fourth-order valence-electron chi connectivity index (χ4n) is 3.99.